The number of rotatable bonds is 7. The molecular weight excluding hydrogens is 457 g/mol. The normalized spacial score (nSPS) is 18.7. The number of pyridine rings is 2. The fourth-order valence-electron chi connectivity index (χ4n) is 4.69. The molecule has 0 bridgehead atoms. The van der Waals surface area contributed by atoms with Crippen molar-refractivity contribution >= 4 is 33.1 Å². The minimum atomic E-state index is -3.45. The highest BCUT2D eigenvalue weighted by atomic mass is 32.2. The maximum absolute atomic E-state index is 13.2. The van der Waals surface area contributed by atoms with Crippen molar-refractivity contribution in [2.24, 2.45) is 5.41 Å². The number of anilines is 4. The number of hydrogen-bond donors (Lipinski definition) is 2. The molecule has 5 rings (SSSR count). The number of aromatic nitrogens is 4. The van der Waals surface area contributed by atoms with Crippen LogP contribution in [0, 0.1) is 5.41 Å². The van der Waals surface area contributed by atoms with Crippen LogP contribution in [0.2, 0.25) is 0 Å². The molecule has 178 valence electrons. The number of nitrogens with one attached hydrogen (secondary N) is 2. The van der Waals surface area contributed by atoms with Gasteiger partial charge < -0.3 is 10.6 Å². The lowest BCUT2D eigenvalue weighted by molar-refractivity contribution is -0.117. The fourth-order valence-corrected chi connectivity index (χ4v) is 5.48. The second kappa shape index (κ2) is 8.55. The second-order valence-electron chi connectivity index (χ2n) is 9.22. The first kappa shape index (κ1) is 22.6. The summed E-state index contributed by atoms with van der Waals surface area (Å²) in [5.74, 6) is 1.71. The first-order valence-corrected chi connectivity index (χ1v) is 13.0. The highest BCUT2D eigenvalue weighted by molar-refractivity contribution is 7.90. The van der Waals surface area contributed by atoms with Crippen molar-refractivity contribution in [2.45, 2.75) is 36.9 Å². The third-order valence-corrected chi connectivity index (χ3v) is 7.67. The molecule has 3 aromatic rings. The van der Waals surface area contributed by atoms with E-state index in [9.17, 15) is 12.8 Å². The zero-order chi connectivity index (χ0) is 23.9. The molecule has 11 heteroatoms. The van der Waals surface area contributed by atoms with Gasteiger partial charge in [-0.25, -0.2) is 32.7 Å². The largest absolute Gasteiger partial charge is 0.325 e. The van der Waals surface area contributed by atoms with Crippen LogP contribution in [0.1, 0.15) is 31.4 Å². The van der Waals surface area contributed by atoms with Crippen LogP contribution >= 0.6 is 0 Å². The molecule has 2 N–H and O–H groups in total. The molecule has 0 amide bonds. The number of sulfone groups is 1. The van der Waals surface area contributed by atoms with E-state index in [1.807, 2.05) is 18.3 Å². The number of alkyl halides is 1. The van der Waals surface area contributed by atoms with Gasteiger partial charge >= 0.3 is 0 Å². The standard InChI is InChI=1S/C23H26FN7O2S/c1-15(31-12-23(13-31)9-17(24)10-23)16-5-6-19(26-11-16)29-20-8-21(28-14-27-20)30-22-18(34(2,32)33)4-3-7-25-22/h3-8,11,14-15,17H,9-10,12-13H2,1-2H3,(H2,25,26,27,28,29,30)/t15-/m1/s1. The van der Waals surface area contributed by atoms with E-state index in [0.29, 0.717) is 30.3 Å². The van der Waals surface area contributed by atoms with Gasteiger partial charge in [0.2, 0.25) is 0 Å². The van der Waals surface area contributed by atoms with E-state index in [1.54, 1.807) is 12.1 Å². The van der Waals surface area contributed by atoms with Gasteiger partial charge in [-0.2, -0.15) is 0 Å². The fraction of sp³-hybridized carbons (Fsp3) is 0.391. The summed E-state index contributed by atoms with van der Waals surface area (Å²) in [5, 5.41) is 6.08. The Bertz CT molecular complexity index is 1290. The minimum Gasteiger partial charge on any atom is -0.325 e. The topological polar surface area (TPSA) is 113 Å². The summed E-state index contributed by atoms with van der Waals surface area (Å²) in [5.41, 5.74) is 1.31. The molecule has 0 unspecified atom stereocenters. The Morgan fingerprint density at radius 2 is 1.79 bits per heavy atom. The van der Waals surface area contributed by atoms with Gasteiger partial charge in [0.1, 0.15) is 40.7 Å². The molecule has 1 spiro atoms. The van der Waals surface area contributed by atoms with Crippen LogP contribution in [0.25, 0.3) is 0 Å². The molecule has 1 aliphatic heterocycles. The Balaban J connectivity index is 1.23. The van der Waals surface area contributed by atoms with E-state index in [-0.39, 0.29) is 22.2 Å². The van der Waals surface area contributed by atoms with Gasteiger partial charge in [0, 0.05) is 49.3 Å². The third kappa shape index (κ3) is 4.58. The summed E-state index contributed by atoms with van der Waals surface area (Å²) in [7, 11) is -3.45. The van der Waals surface area contributed by atoms with Crippen molar-refractivity contribution in [1.82, 2.24) is 24.8 Å². The molecule has 9 nitrogen and oxygen atoms in total. The smallest absolute Gasteiger partial charge is 0.179 e. The third-order valence-electron chi connectivity index (χ3n) is 6.54. The Hall–Kier alpha value is -3.18. The van der Waals surface area contributed by atoms with E-state index < -0.39 is 16.0 Å². The minimum absolute atomic E-state index is 0.0874. The van der Waals surface area contributed by atoms with Crippen molar-refractivity contribution < 1.29 is 12.8 Å². The maximum atomic E-state index is 13.2. The van der Waals surface area contributed by atoms with Gasteiger partial charge in [0.25, 0.3) is 0 Å². The van der Waals surface area contributed by atoms with Crippen molar-refractivity contribution in [3.63, 3.8) is 0 Å². The Morgan fingerprint density at radius 1 is 1.06 bits per heavy atom. The highest BCUT2D eigenvalue weighted by Crippen LogP contribution is 2.51. The first-order chi connectivity index (χ1) is 16.2. The van der Waals surface area contributed by atoms with E-state index in [2.05, 4.69) is 42.4 Å². The average molecular weight is 484 g/mol. The van der Waals surface area contributed by atoms with Crippen molar-refractivity contribution in [3.8, 4) is 0 Å². The zero-order valence-electron chi connectivity index (χ0n) is 18.9. The van der Waals surface area contributed by atoms with E-state index in [4.69, 9.17) is 0 Å². The monoisotopic (exact) mass is 483 g/mol. The summed E-state index contributed by atoms with van der Waals surface area (Å²) in [4.78, 5) is 19.4. The zero-order valence-corrected chi connectivity index (χ0v) is 19.8. The highest BCUT2D eigenvalue weighted by Gasteiger charge is 2.53. The van der Waals surface area contributed by atoms with Crippen LogP contribution in [-0.4, -0.2) is 58.8 Å². The predicted octanol–water partition coefficient (Wildman–Crippen LogP) is 3.65. The SMILES string of the molecule is C[C@H](c1ccc(Nc2cc(Nc3ncccc3S(C)(=O)=O)ncn2)nc1)N1CC2(CC(F)C2)C1. The molecule has 1 saturated carbocycles. The van der Waals surface area contributed by atoms with E-state index in [1.165, 1.54) is 18.6 Å². The Morgan fingerprint density at radius 3 is 2.44 bits per heavy atom. The molecule has 1 aliphatic carbocycles. The predicted molar refractivity (Wildman–Crippen MR) is 127 cm³/mol. The van der Waals surface area contributed by atoms with Gasteiger partial charge in [-0.05, 0) is 43.5 Å². The maximum Gasteiger partial charge on any atom is 0.179 e. The van der Waals surface area contributed by atoms with Crippen LogP contribution in [-0.2, 0) is 9.84 Å². The van der Waals surface area contributed by atoms with Gasteiger partial charge in [0.15, 0.2) is 9.84 Å². The van der Waals surface area contributed by atoms with Crippen LogP contribution in [0.3, 0.4) is 0 Å². The van der Waals surface area contributed by atoms with Gasteiger partial charge in [0.05, 0.1) is 0 Å². The summed E-state index contributed by atoms with van der Waals surface area (Å²) >= 11 is 0. The first-order valence-electron chi connectivity index (χ1n) is 11.1. The number of hydrogen-bond acceptors (Lipinski definition) is 9. The van der Waals surface area contributed by atoms with Crippen LogP contribution < -0.4 is 10.6 Å². The lowest BCUT2D eigenvalue weighted by Crippen LogP contribution is -2.63. The van der Waals surface area contributed by atoms with Gasteiger partial charge in [-0.15, -0.1) is 0 Å². The number of likely N-dealkylation sites (tertiary alicyclic amines) is 1. The van der Waals surface area contributed by atoms with Crippen molar-refractivity contribution in [1.29, 1.82) is 0 Å². The summed E-state index contributed by atoms with van der Waals surface area (Å²) < 4.78 is 37.2. The summed E-state index contributed by atoms with van der Waals surface area (Å²) in [6.45, 7) is 4.04. The second-order valence-corrected chi connectivity index (χ2v) is 11.2. The number of nitrogens with zero attached hydrogens (tertiary/aromatic N) is 5. The van der Waals surface area contributed by atoms with Crippen LogP contribution in [0.4, 0.5) is 27.7 Å². The van der Waals surface area contributed by atoms with E-state index >= 15 is 0 Å². The molecular formula is C23H26FN7O2S. The molecule has 0 aromatic carbocycles. The quantitative estimate of drug-likeness (QED) is 0.520. The Kier molecular flexibility index (Phi) is 5.68. The lowest BCUT2D eigenvalue weighted by Gasteiger charge is -2.59. The Labute approximate surface area is 197 Å². The molecule has 1 saturated heterocycles. The molecule has 2 fully saturated rings. The molecule has 34 heavy (non-hydrogen) atoms. The van der Waals surface area contributed by atoms with E-state index in [0.717, 1.165) is 24.9 Å². The van der Waals surface area contributed by atoms with Crippen LogP contribution in [0.15, 0.2) is 53.9 Å². The molecule has 4 heterocycles. The number of halogens is 1. The van der Waals surface area contributed by atoms with Crippen LogP contribution in [0.5, 0.6) is 0 Å². The van der Waals surface area contributed by atoms with Crippen molar-refractivity contribution in [2.75, 3.05) is 30.0 Å². The van der Waals surface area contributed by atoms with Crippen molar-refractivity contribution in [3.05, 3.63) is 54.6 Å². The van der Waals surface area contributed by atoms with Gasteiger partial charge in [-0.3, -0.25) is 4.90 Å². The molecule has 2 aliphatic rings. The summed E-state index contributed by atoms with van der Waals surface area (Å²) in [6.07, 6.45) is 6.62. The summed E-state index contributed by atoms with van der Waals surface area (Å²) in [6, 6.07) is 8.84. The average Bonchev–Trinajstić information content (AvgIpc) is 2.75. The molecule has 1 atom stereocenters. The van der Waals surface area contributed by atoms with Gasteiger partial charge in [-0.1, -0.05) is 6.07 Å². The molecule has 0 radical (unpaired) electrons. The molecule has 3 aromatic heterocycles. The lowest BCUT2D eigenvalue weighted by atomic mass is 9.62.